The number of hydrogen-bond acceptors (Lipinski definition) is 3. The highest BCUT2D eigenvalue weighted by Crippen LogP contribution is 2.24. The normalized spacial score (nSPS) is 10.5. The van der Waals surface area contributed by atoms with Gasteiger partial charge in [-0.3, -0.25) is 0 Å². The number of benzene rings is 3. The molecule has 0 aliphatic carbocycles. The first kappa shape index (κ1) is 18.0. The Morgan fingerprint density at radius 2 is 1.31 bits per heavy atom. The van der Waals surface area contributed by atoms with Crippen LogP contribution >= 0.6 is 0 Å². The molecule has 3 heteroatoms. The fourth-order valence-corrected chi connectivity index (χ4v) is 3.07. The SMILES string of the molecule is COc1ccccc1CCNCCN(c1ccccc1)c1ccccc1. The van der Waals surface area contributed by atoms with E-state index in [0.717, 1.165) is 31.8 Å². The van der Waals surface area contributed by atoms with Crippen LogP contribution in [-0.2, 0) is 6.42 Å². The molecule has 0 radical (unpaired) electrons. The molecule has 0 unspecified atom stereocenters. The van der Waals surface area contributed by atoms with Crippen LogP contribution in [0.15, 0.2) is 84.9 Å². The molecule has 0 aliphatic heterocycles. The van der Waals surface area contributed by atoms with Gasteiger partial charge >= 0.3 is 0 Å². The van der Waals surface area contributed by atoms with E-state index in [1.165, 1.54) is 16.9 Å². The average Bonchev–Trinajstić information content (AvgIpc) is 2.72. The molecule has 0 spiro atoms. The molecular weight excluding hydrogens is 320 g/mol. The van der Waals surface area contributed by atoms with Crippen molar-refractivity contribution >= 4 is 11.4 Å². The van der Waals surface area contributed by atoms with E-state index in [4.69, 9.17) is 4.74 Å². The van der Waals surface area contributed by atoms with Crippen LogP contribution in [0.5, 0.6) is 5.75 Å². The Labute approximate surface area is 156 Å². The molecule has 0 fully saturated rings. The number of anilines is 2. The summed E-state index contributed by atoms with van der Waals surface area (Å²) < 4.78 is 5.42. The van der Waals surface area contributed by atoms with Crippen molar-refractivity contribution < 1.29 is 4.74 Å². The zero-order chi connectivity index (χ0) is 18.0. The molecule has 1 N–H and O–H groups in total. The molecule has 0 aliphatic rings. The summed E-state index contributed by atoms with van der Waals surface area (Å²) in [6, 6.07) is 29.3. The van der Waals surface area contributed by atoms with E-state index < -0.39 is 0 Å². The van der Waals surface area contributed by atoms with E-state index in [0.29, 0.717) is 0 Å². The van der Waals surface area contributed by atoms with Gasteiger partial charge in [-0.25, -0.2) is 0 Å². The summed E-state index contributed by atoms with van der Waals surface area (Å²) in [6.45, 7) is 2.76. The van der Waals surface area contributed by atoms with Crippen LogP contribution in [-0.4, -0.2) is 26.7 Å². The summed E-state index contributed by atoms with van der Waals surface area (Å²) >= 11 is 0. The molecule has 0 bridgehead atoms. The number of hydrogen-bond donors (Lipinski definition) is 1. The molecule has 0 saturated heterocycles. The third kappa shape index (κ3) is 4.87. The van der Waals surface area contributed by atoms with Gasteiger partial charge in [0.15, 0.2) is 0 Å². The van der Waals surface area contributed by atoms with Crippen LogP contribution in [0.4, 0.5) is 11.4 Å². The molecule has 0 heterocycles. The lowest BCUT2D eigenvalue weighted by Crippen LogP contribution is -2.30. The van der Waals surface area contributed by atoms with Gasteiger partial charge in [-0.05, 0) is 48.9 Å². The molecule has 0 atom stereocenters. The molecular formula is C23H26N2O. The first-order chi connectivity index (χ1) is 12.9. The minimum Gasteiger partial charge on any atom is -0.496 e. The number of ether oxygens (including phenoxy) is 1. The fourth-order valence-electron chi connectivity index (χ4n) is 3.07. The maximum absolute atomic E-state index is 5.42. The summed E-state index contributed by atoms with van der Waals surface area (Å²) in [4.78, 5) is 2.34. The van der Waals surface area contributed by atoms with Gasteiger partial charge in [0.1, 0.15) is 5.75 Å². The Morgan fingerprint density at radius 1 is 0.731 bits per heavy atom. The predicted molar refractivity (Wildman–Crippen MR) is 109 cm³/mol. The van der Waals surface area contributed by atoms with Crippen LogP contribution in [0.1, 0.15) is 5.56 Å². The third-order valence-corrected chi connectivity index (χ3v) is 4.41. The maximum Gasteiger partial charge on any atom is 0.122 e. The summed E-state index contributed by atoms with van der Waals surface area (Å²) in [6.07, 6.45) is 0.959. The van der Waals surface area contributed by atoms with E-state index in [-0.39, 0.29) is 0 Å². The standard InChI is InChI=1S/C23H26N2O/c1-26-23-15-9-8-10-20(23)16-17-24-18-19-25(21-11-4-2-5-12-21)22-13-6-3-7-14-22/h2-15,24H,16-19H2,1H3. The van der Waals surface area contributed by atoms with Crippen molar-refractivity contribution in [2.75, 3.05) is 31.6 Å². The number of nitrogens with one attached hydrogen (secondary N) is 1. The first-order valence-electron chi connectivity index (χ1n) is 9.09. The molecule has 0 aromatic heterocycles. The lowest BCUT2D eigenvalue weighted by atomic mass is 10.1. The highest BCUT2D eigenvalue weighted by atomic mass is 16.5. The van der Waals surface area contributed by atoms with E-state index >= 15 is 0 Å². The second-order valence-corrected chi connectivity index (χ2v) is 6.13. The zero-order valence-electron chi connectivity index (χ0n) is 15.3. The molecule has 26 heavy (non-hydrogen) atoms. The van der Waals surface area contributed by atoms with Gasteiger partial charge in [-0.2, -0.15) is 0 Å². The molecule has 0 amide bonds. The second kappa shape index (κ2) is 9.64. The summed E-state index contributed by atoms with van der Waals surface area (Å²) in [7, 11) is 1.73. The Balaban J connectivity index is 1.55. The van der Waals surface area contributed by atoms with Gasteiger partial charge in [-0.15, -0.1) is 0 Å². The van der Waals surface area contributed by atoms with Crippen LogP contribution < -0.4 is 15.0 Å². The van der Waals surface area contributed by atoms with Crippen LogP contribution in [0.25, 0.3) is 0 Å². The van der Waals surface area contributed by atoms with E-state index in [1.807, 2.05) is 12.1 Å². The van der Waals surface area contributed by atoms with Crippen LogP contribution in [0.2, 0.25) is 0 Å². The van der Waals surface area contributed by atoms with Gasteiger partial charge < -0.3 is 15.0 Å². The van der Waals surface area contributed by atoms with Gasteiger partial charge in [0.2, 0.25) is 0 Å². The highest BCUT2D eigenvalue weighted by molar-refractivity contribution is 5.62. The summed E-state index contributed by atoms with van der Waals surface area (Å²) in [5.41, 5.74) is 3.67. The number of rotatable bonds is 9. The van der Waals surface area contributed by atoms with E-state index in [9.17, 15) is 0 Å². The molecule has 3 rings (SSSR count). The summed E-state index contributed by atoms with van der Waals surface area (Å²) in [5.74, 6) is 0.962. The van der Waals surface area contributed by atoms with Crippen LogP contribution in [0, 0.1) is 0 Å². The zero-order valence-corrected chi connectivity index (χ0v) is 15.3. The smallest absolute Gasteiger partial charge is 0.122 e. The Hall–Kier alpha value is -2.78. The number of methoxy groups -OCH3 is 1. The third-order valence-electron chi connectivity index (χ3n) is 4.41. The molecule has 3 nitrogen and oxygen atoms in total. The van der Waals surface area contributed by atoms with Crippen molar-refractivity contribution in [1.29, 1.82) is 0 Å². The number of nitrogens with zero attached hydrogens (tertiary/aromatic N) is 1. The minimum atomic E-state index is 0.916. The van der Waals surface area contributed by atoms with Crippen molar-refractivity contribution in [2.45, 2.75) is 6.42 Å². The lowest BCUT2D eigenvalue weighted by molar-refractivity contribution is 0.409. The fraction of sp³-hybridized carbons (Fsp3) is 0.217. The Bertz CT molecular complexity index is 735. The minimum absolute atomic E-state index is 0.916. The topological polar surface area (TPSA) is 24.5 Å². The Morgan fingerprint density at radius 3 is 1.92 bits per heavy atom. The largest absolute Gasteiger partial charge is 0.496 e. The van der Waals surface area contributed by atoms with Gasteiger partial charge in [0.05, 0.1) is 7.11 Å². The van der Waals surface area contributed by atoms with E-state index in [2.05, 4.69) is 83.0 Å². The second-order valence-electron chi connectivity index (χ2n) is 6.13. The Kier molecular flexibility index (Phi) is 6.68. The van der Waals surface area contributed by atoms with Crippen molar-refractivity contribution in [3.63, 3.8) is 0 Å². The monoisotopic (exact) mass is 346 g/mol. The molecule has 134 valence electrons. The van der Waals surface area contributed by atoms with Crippen molar-refractivity contribution in [1.82, 2.24) is 5.32 Å². The average molecular weight is 346 g/mol. The van der Waals surface area contributed by atoms with Crippen molar-refractivity contribution in [3.05, 3.63) is 90.5 Å². The lowest BCUT2D eigenvalue weighted by Gasteiger charge is -2.25. The molecule has 3 aromatic carbocycles. The molecule has 3 aromatic rings. The first-order valence-corrected chi connectivity index (χ1v) is 9.09. The maximum atomic E-state index is 5.42. The number of para-hydroxylation sites is 3. The van der Waals surface area contributed by atoms with Gasteiger partial charge in [-0.1, -0.05) is 54.6 Å². The highest BCUT2D eigenvalue weighted by Gasteiger charge is 2.08. The van der Waals surface area contributed by atoms with Crippen molar-refractivity contribution in [3.8, 4) is 5.75 Å². The van der Waals surface area contributed by atoms with Crippen molar-refractivity contribution in [2.24, 2.45) is 0 Å². The van der Waals surface area contributed by atoms with E-state index in [1.54, 1.807) is 7.11 Å². The quantitative estimate of drug-likeness (QED) is 0.570. The predicted octanol–water partition coefficient (Wildman–Crippen LogP) is 4.67. The molecule has 0 saturated carbocycles. The summed E-state index contributed by atoms with van der Waals surface area (Å²) in [5, 5.41) is 3.56. The van der Waals surface area contributed by atoms with Gasteiger partial charge in [0, 0.05) is 24.5 Å². The van der Waals surface area contributed by atoms with Crippen LogP contribution in [0.3, 0.4) is 0 Å². The van der Waals surface area contributed by atoms with Gasteiger partial charge in [0.25, 0.3) is 0 Å².